The maximum Gasteiger partial charge on any atom is 0.233 e. The van der Waals surface area contributed by atoms with Gasteiger partial charge < -0.3 is 5.32 Å². The predicted octanol–water partition coefficient (Wildman–Crippen LogP) is 2.61. The van der Waals surface area contributed by atoms with E-state index in [4.69, 9.17) is 0 Å². The molecule has 134 valence electrons. The smallest absolute Gasteiger partial charge is 0.233 e. The molecule has 3 amide bonds. The van der Waals surface area contributed by atoms with Crippen LogP contribution in [0.5, 0.6) is 0 Å². The van der Waals surface area contributed by atoms with Gasteiger partial charge in [-0.3, -0.25) is 19.3 Å². The number of likely N-dealkylation sites (tertiary alicyclic amines) is 1. The molecule has 3 rings (SSSR count). The third-order valence-corrected chi connectivity index (χ3v) is 4.80. The highest BCUT2D eigenvalue weighted by atomic mass is 19.2. The lowest BCUT2D eigenvalue weighted by atomic mass is 9.81. The molecule has 1 saturated carbocycles. The Morgan fingerprint density at radius 2 is 1.64 bits per heavy atom. The molecule has 2 fully saturated rings. The highest BCUT2D eigenvalue weighted by Crippen LogP contribution is 2.38. The van der Waals surface area contributed by atoms with E-state index in [1.54, 1.807) is 0 Å². The molecule has 0 bridgehead atoms. The highest BCUT2D eigenvalue weighted by Gasteiger charge is 2.47. The van der Waals surface area contributed by atoms with Crippen LogP contribution in [0, 0.1) is 29.3 Å². The molecule has 0 unspecified atom stereocenters. The van der Waals surface area contributed by atoms with Crippen molar-refractivity contribution in [3.63, 3.8) is 0 Å². The van der Waals surface area contributed by atoms with E-state index < -0.39 is 29.0 Å². The molecule has 25 heavy (non-hydrogen) atoms. The van der Waals surface area contributed by atoms with Crippen LogP contribution in [0.1, 0.15) is 32.1 Å². The summed E-state index contributed by atoms with van der Waals surface area (Å²) in [6.07, 6.45) is 2.93. The van der Waals surface area contributed by atoms with E-state index in [9.17, 15) is 27.6 Å². The zero-order valence-corrected chi connectivity index (χ0v) is 13.4. The average molecular weight is 354 g/mol. The van der Waals surface area contributed by atoms with E-state index in [-0.39, 0.29) is 36.6 Å². The van der Waals surface area contributed by atoms with Crippen molar-refractivity contribution in [2.75, 3.05) is 11.9 Å². The number of halogens is 3. The Balaban J connectivity index is 1.60. The molecule has 1 aliphatic carbocycles. The lowest BCUT2D eigenvalue weighted by Crippen LogP contribution is -2.34. The van der Waals surface area contributed by atoms with Crippen molar-refractivity contribution >= 4 is 23.4 Å². The second kappa shape index (κ2) is 6.85. The van der Waals surface area contributed by atoms with Crippen molar-refractivity contribution in [1.82, 2.24) is 4.90 Å². The van der Waals surface area contributed by atoms with Gasteiger partial charge in [-0.1, -0.05) is 12.8 Å². The third-order valence-electron chi connectivity index (χ3n) is 4.80. The Morgan fingerprint density at radius 1 is 1.04 bits per heavy atom. The van der Waals surface area contributed by atoms with Crippen molar-refractivity contribution in [3.05, 3.63) is 29.6 Å². The third kappa shape index (κ3) is 3.25. The van der Waals surface area contributed by atoms with E-state index in [0.717, 1.165) is 23.8 Å². The highest BCUT2D eigenvalue weighted by molar-refractivity contribution is 6.05. The number of hydrogen-bond acceptors (Lipinski definition) is 3. The molecule has 8 heteroatoms. The average Bonchev–Trinajstić information content (AvgIpc) is 2.85. The standard InChI is InChI=1S/C17H17F3N2O3/c18-11-5-6-12(15(20)14(11)19)21-13(23)7-8-22-16(24)9-3-1-2-4-10(9)17(22)25/h5-6,9-10H,1-4,7-8H2,(H,21,23)/t9-,10-/m1/s1. The maximum atomic E-state index is 13.5. The number of carbonyl (C=O) groups is 3. The molecule has 1 heterocycles. The SMILES string of the molecule is O=C(CCN1C(=O)[C@@H]2CCCC[C@H]2C1=O)Nc1ccc(F)c(F)c1F. The molecule has 1 aliphatic heterocycles. The minimum absolute atomic E-state index is 0.109. The summed E-state index contributed by atoms with van der Waals surface area (Å²) < 4.78 is 39.6. The quantitative estimate of drug-likeness (QED) is 0.668. The molecule has 1 saturated heterocycles. The molecule has 0 aromatic heterocycles. The van der Waals surface area contributed by atoms with E-state index >= 15 is 0 Å². The van der Waals surface area contributed by atoms with Crippen LogP contribution in [-0.4, -0.2) is 29.2 Å². The van der Waals surface area contributed by atoms with Crippen LogP contribution in [0.4, 0.5) is 18.9 Å². The summed E-state index contributed by atoms with van der Waals surface area (Å²) in [5, 5.41) is 2.12. The first-order chi connectivity index (χ1) is 11.9. The lowest BCUT2D eigenvalue weighted by Gasteiger charge is -2.19. The number of benzene rings is 1. The Hall–Kier alpha value is -2.38. The zero-order chi connectivity index (χ0) is 18.1. The van der Waals surface area contributed by atoms with Gasteiger partial charge in [0.15, 0.2) is 17.5 Å². The monoisotopic (exact) mass is 354 g/mol. The Morgan fingerprint density at radius 3 is 2.24 bits per heavy atom. The number of nitrogens with zero attached hydrogens (tertiary/aromatic N) is 1. The molecule has 0 radical (unpaired) electrons. The number of rotatable bonds is 4. The number of carbonyl (C=O) groups excluding carboxylic acids is 3. The number of amides is 3. The molecule has 5 nitrogen and oxygen atoms in total. The van der Waals surface area contributed by atoms with Crippen LogP contribution < -0.4 is 5.32 Å². The van der Waals surface area contributed by atoms with Crippen molar-refractivity contribution in [3.8, 4) is 0 Å². The van der Waals surface area contributed by atoms with Crippen molar-refractivity contribution in [2.45, 2.75) is 32.1 Å². The summed E-state index contributed by atoms with van der Waals surface area (Å²) in [6, 6.07) is 1.61. The fourth-order valence-corrected chi connectivity index (χ4v) is 3.50. The van der Waals surface area contributed by atoms with Gasteiger partial charge in [0.2, 0.25) is 17.7 Å². The number of hydrogen-bond donors (Lipinski definition) is 1. The van der Waals surface area contributed by atoms with E-state index in [1.165, 1.54) is 0 Å². The number of imide groups is 1. The second-order valence-corrected chi connectivity index (χ2v) is 6.35. The molecule has 2 aliphatic rings. The van der Waals surface area contributed by atoms with Crippen LogP contribution in [0.15, 0.2) is 12.1 Å². The number of nitrogens with one attached hydrogen (secondary N) is 1. The lowest BCUT2D eigenvalue weighted by molar-refractivity contribution is -0.140. The normalized spacial score (nSPS) is 22.9. The minimum Gasteiger partial charge on any atom is -0.323 e. The molecular formula is C17H17F3N2O3. The molecule has 1 aromatic carbocycles. The zero-order valence-electron chi connectivity index (χ0n) is 13.4. The molecule has 1 N–H and O–H groups in total. The van der Waals surface area contributed by atoms with Gasteiger partial charge in [0.05, 0.1) is 17.5 Å². The van der Waals surface area contributed by atoms with Gasteiger partial charge in [-0.2, -0.15) is 0 Å². The molecular weight excluding hydrogens is 337 g/mol. The summed E-state index contributed by atoms with van der Waals surface area (Å²) in [5.74, 6) is -6.34. The largest absolute Gasteiger partial charge is 0.323 e. The first kappa shape index (κ1) is 17.4. The Kier molecular flexibility index (Phi) is 4.78. The number of anilines is 1. The summed E-state index contributed by atoms with van der Waals surface area (Å²) in [7, 11) is 0. The molecule has 0 spiro atoms. The summed E-state index contributed by atoms with van der Waals surface area (Å²) in [6.45, 7) is -0.109. The second-order valence-electron chi connectivity index (χ2n) is 6.35. The van der Waals surface area contributed by atoms with Crippen molar-refractivity contribution < 1.29 is 27.6 Å². The predicted molar refractivity (Wildman–Crippen MR) is 81.7 cm³/mol. The molecule has 1 aromatic rings. The summed E-state index contributed by atoms with van der Waals surface area (Å²) in [5.41, 5.74) is -0.489. The maximum absolute atomic E-state index is 13.5. The molecule has 2 atom stereocenters. The first-order valence-electron chi connectivity index (χ1n) is 8.18. The van der Waals surface area contributed by atoms with Crippen LogP contribution >= 0.6 is 0 Å². The van der Waals surface area contributed by atoms with Crippen LogP contribution in [-0.2, 0) is 14.4 Å². The Bertz CT molecular complexity index is 714. The fraction of sp³-hybridized carbons (Fsp3) is 0.471. The van der Waals surface area contributed by atoms with Gasteiger partial charge in [-0.15, -0.1) is 0 Å². The van der Waals surface area contributed by atoms with E-state index in [1.807, 2.05) is 0 Å². The topological polar surface area (TPSA) is 66.5 Å². The summed E-state index contributed by atoms with van der Waals surface area (Å²) >= 11 is 0. The Labute approximate surface area is 142 Å². The minimum atomic E-state index is -1.67. The number of fused-ring (bicyclic) bond motifs is 1. The van der Waals surface area contributed by atoms with Gasteiger partial charge in [0, 0.05) is 13.0 Å². The van der Waals surface area contributed by atoms with Gasteiger partial charge in [0.25, 0.3) is 0 Å². The van der Waals surface area contributed by atoms with Crippen LogP contribution in [0.2, 0.25) is 0 Å². The van der Waals surface area contributed by atoms with Crippen molar-refractivity contribution in [1.29, 1.82) is 0 Å². The van der Waals surface area contributed by atoms with Crippen LogP contribution in [0.3, 0.4) is 0 Å². The van der Waals surface area contributed by atoms with E-state index in [2.05, 4.69) is 5.32 Å². The van der Waals surface area contributed by atoms with Gasteiger partial charge in [-0.25, -0.2) is 13.2 Å². The van der Waals surface area contributed by atoms with Crippen LogP contribution in [0.25, 0.3) is 0 Å². The van der Waals surface area contributed by atoms with E-state index in [0.29, 0.717) is 18.9 Å². The van der Waals surface area contributed by atoms with Gasteiger partial charge in [0.1, 0.15) is 0 Å². The van der Waals surface area contributed by atoms with Gasteiger partial charge >= 0.3 is 0 Å². The van der Waals surface area contributed by atoms with Crippen molar-refractivity contribution in [2.24, 2.45) is 11.8 Å². The summed E-state index contributed by atoms with van der Waals surface area (Å²) in [4.78, 5) is 37.5. The fourth-order valence-electron chi connectivity index (χ4n) is 3.50. The van der Waals surface area contributed by atoms with Gasteiger partial charge in [-0.05, 0) is 25.0 Å². The first-order valence-corrected chi connectivity index (χ1v) is 8.18.